The average molecular weight is 299 g/mol. The highest BCUT2D eigenvalue weighted by Crippen LogP contribution is 2.44. The molecule has 0 aliphatic carbocycles. The van der Waals surface area contributed by atoms with E-state index in [0.29, 0.717) is 6.54 Å². The molecule has 0 aromatic heterocycles. The lowest BCUT2D eigenvalue weighted by molar-refractivity contribution is 0.545. The summed E-state index contributed by atoms with van der Waals surface area (Å²) in [6, 6.07) is 15.2. The van der Waals surface area contributed by atoms with Gasteiger partial charge in [-0.25, -0.2) is 13.2 Å². The predicted octanol–water partition coefficient (Wildman–Crippen LogP) is 4.82. The monoisotopic (exact) mass is 299 g/mol. The van der Waals surface area contributed by atoms with Crippen LogP contribution in [0.2, 0.25) is 0 Å². The molecule has 0 bridgehead atoms. The maximum Gasteiger partial charge on any atom is 0.152 e. The van der Waals surface area contributed by atoms with Crippen LogP contribution >= 0.6 is 0 Å². The second kappa shape index (κ2) is 4.77. The van der Waals surface area contributed by atoms with Crippen LogP contribution in [0.15, 0.2) is 54.6 Å². The summed E-state index contributed by atoms with van der Waals surface area (Å²) in [5.41, 5.74) is 0.876. The lowest BCUT2D eigenvalue weighted by Gasteiger charge is -2.10. The Morgan fingerprint density at radius 3 is 2.32 bits per heavy atom. The molecule has 3 aromatic rings. The van der Waals surface area contributed by atoms with Crippen LogP contribution in [0.4, 0.5) is 18.9 Å². The van der Waals surface area contributed by atoms with Gasteiger partial charge in [-0.1, -0.05) is 42.5 Å². The molecule has 0 saturated carbocycles. The van der Waals surface area contributed by atoms with Gasteiger partial charge in [0.15, 0.2) is 11.6 Å². The summed E-state index contributed by atoms with van der Waals surface area (Å²) in [6.45, 7) is 0.521. The molecule has 0 radical (unpaired) electrons. The van der Waals surface area contributed by atoms with E-state index < -0.39 is 17.5 Å². The fourth-order valence-corrected chi connectivity index (χ4v) is 3.00. The first kappa shape index (κ1) is 13.2. The van der Waals surface area contributed by atoms with Gasteiger partial charge in [0.25, 0.3) is 0 Å². The molecule has 1 nitrogen and oxygen atoms in total. The molecule has 1 fully saturated rings. The molecule has 1 atom stereocenters. The van der Waals surface area contributed by atoms with Crippen molar-refractivity contribution in [2.75, 3.05) is 11.4 Å². The molecule has 22 heavy (non-hydrogen) atoms. The number of nitrogens with zero attached hydrogens (tertiary/aromatic N) is 1. The number of anilines is 1. The number of benzene rings is 3. The van der Waals surface area contributed by atoms with Gasteiger partial charge in [-0.05, 0) is 16.3 Å². The van der Waals surface area contributed by atoms with E-state index in [4.69, 9.17) is 0 Å². The normalized spacial score (nSPS) is 17.0. The molecular weight excluding hydrogens is 287 g/mol. The van der Waals surface area contributed by atoms with Crippen molar-refractivity contribution in [3.8, 4) is 0 Å². The maximum absolute atomic E-state index is 13.9. The van der Waals surface area contributed by atoms with Crippen molar-refractivity contribution in [1.82, 2.24) is 0 Å². The van der Waals surface area contributed by atoms with Gasteiger partial charge in [0, 0.05) is 18.7 Å². The van der Waals surface area contributed by atoms with Crippen molar-refractivity contribution in [3.63, 3.8) is 0 Å². The number of hydrogen-bond acceptors (Lipinski definition) is 1. The van der Waals surface area contributed by atoms with E-state index in [9.17, 15) is 13.2 Å². The van der Waals surface area contributed by atoms with E-state index in [-0.39, 0.29) is 11.7 Å². The van der Waals surface area contributed by atoms with E-state index in [2.05, 4.69) is 0 Å². The van der Waals surface area contributed by atoms with Crippen molar-refractivity contribution < 1.29 is 13.2 Å². The number of rotatable bonds is 2. The molecule has 1 heterocycles. The van der Waals surface area contributed by atoms with Crippen LogP contribution in [-0.4, -0.2) is 6.54 Å². The predicted molar refractivity (Wildman–Crippen MR) is 80.4 cm³/mol. The van der Waals surface area contributed by atoms with Gasteiger partial charge in [-0.15, -0.1) is 0 Å². The Morgan fingerprint density at radius 1 is 0.864 bits per heavy atom. The largest absolute Gasteiger partial charge is 0.356 e. The van der Waals surface area contributed by atoms with Crippen LogP contribution in [0, 0.1) is 17.5 Å². The van der Waals surface area contributed by atoms with E-state index in [1.807, 2.05) is 42.5 Å². The first-order chi connectivity index (χ1) is 10.6. The first-order valence-electron chi connectivity index (χ1n) is 7.04. The van der Waals surface area contributed by atoms with Crippen LogP contribution < -0.4 is 4.90 Å². The quantitative estimate of drug-likeness (QED) is 0.613. The Balaban J connectivity index is 1.76. The zero-order chi connectivity index (χ0) is 15.3. The Bertz CT molecular complexity index is 847. The van der Waals surface area contributed by atoms with E-state index in [1.165, 1.54) is 0 Å². The zero-order valence-corrected chi connectivity index (χ0v) is 11.6. The minimum atomic E-state index is -0.901. The van der Waals surface area contributed by atoms with Crippen LogP contribution in [-0.2, 0) is 0 Å². The third kappa shape index (κ3) is 2.03. The van der Waals surface area contributed by atoms with Gasteiger partial charge >= 0.3 is 0 Å². The second-order valence-corrected chi connectivity index (χ2v) is 5.45. The highest BCUT2D eigenvalue weighted by atomic mass is 19.1. The first-order valence-corrected chi connectivity index (χ1v) is 7.04. The Labute approximate surface area is 125 Å². The van der Waals surface area contributed by atoms with Crippen molar-refractivity contribution in [2.45, 2.75) is 6.04 Å². The van der Waals surface area contributed by atoms with Crippen LogP contribution in [0.5, 0.6) is 0 Å². The van der Waals surface area contributed by atoms with Gasteiger partial charge < -0.3 is 4.90 Å². The molecule has 4 rings (SSSR count). The topological polar surface area (TPSA) is 3.01 Å². The minimum Gasteiger partial charge on any atom is -0.356 e. The summed E-state index contributed by atoms with van der Waals surface area (Å²) in [5.74, 6) is -2.62. The van der Waals surface area contributed by atoms with Gasteiger partial charge in [0.2, 0.25) is 0 Å². The number of fused-ring (bicyclic) bond motifs is 1. The molecule has 0 amide bonds. The highest BCUT2D eigenvalue weighted by molar-refractivity contribution is 5.87. The summed E-state index contributed by atoms with van der Waals surface area (Å²) in [4.78, 5) is 1.62. The van der Waals surface area contributed by atoms with Gasteiger partial charge in [0.1, 0.15) is 11.5 Å². The molecule has 0 N–H and O–H groups in total. The Morgan fingerprint density at radius 2 is 1.55 bits per heavy atom. The van der Waals surface area contributed by atoms with E-state index in [0.717, 1.165) is 28.5 Å². The molecule has 0 spiro atoms. The van der Waals surface area contributed by atoms with Crippen molar-refractivity contribution in [3.05, 3.63) is 77.6 Å². The maximum atomic E-state index is 13.9. The lowest BCUT2D eigenvalue weighted by atomic mass is 10.0. The van der Waals surface area contributed by atoms with Crippen LogP contribution in [0.25, 0.3) is 10.8 Å². The van der Waals surface area contributed by atoms with Gasteiger partial charge in [-0.3, -0.25) is 0 Å². The van der Waals surface area contributed by atoms with Gasteiger partial charge in [0.05, 0.1) is 6.04 Å². The molecule has 1 aliphatic heterocycles. The molecule has 110 valence electrons. The zero-order valence-electron chi connectivity index (χ0n) is 11.6. The Hall–Kier alpha value is -2.49. The minimum absolute atomic E-state index is 0.0828. The van der Waals surface area contributed by atoms with Crippen LogP contribution in [0.1, 0.15) is 11.6 Å². The van der Waals surface area contributed by atoms with Crippen molar-refractivity contribution in [1.29, 1.82) is 0 Å². The molecule has 0 unspecified atom stereocenters. The standard InChI is InChI=1S/C18H12F3N/c19-12-8-15(20)18(16(21)9-12)22-10-17(22)14-7-3-5-11-4-1-2-6-13(11)14/h1-9,17H,10H2/t17-,22?/m1/s1. The SMILES string of the molecule is Fc1cc(F)c(N2C[C@@H]2c2cccc3ccccc23)c(F)c1. The molecular formula is C18H12F3N. The van der Waals surface area contributed by atoms with E-state index >= 15 is 0 Å². The van der Waals surface area contributed by atoms with Crippen molar-refractivity contribution in [2.24, 2.45) is 0 Å². The lowest BCUT2D eigenvalue weighted by Crippen LogP contribution is -2.02. The van der Waals surface area contributed by atoms with Crippen LogP contribution in [0.3, 0.4) is 0 Å². The summed E-state index contributed by atoms with van der Waals surface area (Å²) in [6.07, 6.45) is 0. The summed E-state index contributed by atoms with van der Waals surface area (Å²) in [7, 11) is 0. The molecule has 4 heteroatoms. The summed E-state index contributed by atoms with van der Waals surface area (Å²) in [5, 5.41) is 2.16. The fourth-order valence-electron chi connectivity index (χ4n) is 3.00. The molecule has 1 saturated heterocycles. The van der Waals surface area contributed by atoms with Crippen molar-refractivity contribution >= 4 is 16.5 Å². The number of hydrogen-bond donors (Lipinski definition) is 0. The molecule has 3 aromatic carbocycles. The second-order valence-electron chi connectivity index (χ2n) is 5.45. The third-order valence-corrected chi connectivity index (χ3v) is 4.06. The third-order valence-electron chi connectivity index (χ3n) is 4.06. The smallest absolute Gasteiger partial charge is 0.152 e. The van der Waals surface area contributed by atoms with E-state index in [1.54, 1.807) is 4.90 Å². The van der Waals surface area contributed by atoms with Gasteiger partial charge in [-0.2, -0.15) is 0 Å². The average Bonchev–Trinajstić information content (AvgIpc) is 3.25. The summed E-state index contributed by atoms with van der Waals surface area (Å²) < 4.78 is 40.8. The fraction of sp³-hybridized carbons (Fsp3) is 0.111. The highest BCUT2D eigenvalue weighted by Gasteiger charge is 2.39. The Kier molecular flexibility index (Phi) is 2.86. The molecule has 1 aliphatic rings. The summed E-state index contributed by atoms with van der Waals surface area (Å²) >= 11 is 0. The number of halogens is 3.